The highest BCUT2D eigenvalue weighted by Crippen LogP contribution is 2.10. The van der Waals surface area contributed by atoms with E-state index >= 15 is 0 Å². The Hall–Kier alpha value is -1.10. The van der Waals surface area contributed by atoms with Gasteiger partial charge in [0.2, 0.25) is 11.8 Å². The van der Waals surface area contributed by atoms with E-state index in [1.54, 1.807) is 9.80 Å². The largest absolute Gasteiger partial charge is 0.378 e. The minimum atomic E-state index is -0.0554. The van der Waals surface area contributed by atoms with Gasteiger partial charge < -0.3 is 14.5 Å². The van der Waals surface area contributed by atoms with Crippen LogP contribution in [-0.2, 0) is 14.3 Å². The van der Waals surface area contributed by atoms with E-state index in [4.69, 9.17) is 4.74 Å². The number of carbonyl (C=O) groups excluding carboxylic acids is 2. The topological polar surface area (TPSA) is 49.9 Å². The van der Waals surface area contributed by atoms with Gasteiger partial charge in [0.1, 0.15) is 6.42 Å². The van der Waals surface area contributed by atoms with Crippen molar-refractivity contribution in [1.29, 1.82) is 0 Å². The van der Waals surface area contributed by atoms with Gasteiger partial charge >= 0.3 is 0 Å². The Morgan fingerprint density at radius 1 is 0.875 bits per heavy atom. The van der Waals surface area contributed by atoms with E-state index in [9.17, 15) is 9.59 Å². The lowest BCUT2D eigenvalue weighted by atomic mass is 10.3. The van der Waals surface area contributed by atoms with E-state index in [1.807, 2.05) is 0 Å². The highest BCUT2D eigenvalue weighted by molar-refractivity contribution is 5.97. The third-order valence-electron chi connectivity index (χ3n) is 3.13. The summed E-state index contributed by atoms with van der Waals surface area (Å²) in [5.41, 5.74) is 0. The summed E-state index contributed by atoms with van der Waals surface area (Å²) < 4.78 is 5.17. The Morgan fingerprint density at radius 3 is 1.94 bits per heavy atom. The van der Waals surface area contributed by atoms with Gasteiger partial charge in [0.15, 0.2) is 0 Å². The van der Waals surface area contributed by atoms with Crippen LogP contribution in [0.5, 0.6) is 0 Å². The molecule has 5 heteroatoms. The van der Waals surface area contributed by atoms with Crippen molar-refractivity contribution in [3.05, 3.63) is 0 Å². The molecule has 2 fully saturated rings. The monoisotopic (exact) mass is 226 g/mol. The fourth-order valence-electron chi connectivity index (χ4n) is 2.13. The van der Waals surface area contributed by atoms with Crippen LogP contribution < -0.4 is 0 Å². The molecule has 2 heterocycles. The third kappa shape index (κ3) is 2.72. The SMILES string of the molecule is O=C(CC(=O)N1CCOCC1)N1CCCC1. The van der Waals surface area contributed by atoms with Gasteiger partial charge in [-0.15, -0.1) is 0 Å². The number of nitrogens with zero attached hydrogens (tertiary/aromatic N) is 2. The van der Waals surface area contributed by atoms with Crippen molar-refractivity contribution in [2.24, 2.45) is 0 Å². The normalized spacial score (nSPS) is 21.2. The predicted octanol–water partition coefficient (Wildman–Crippen LogP) is -0.142. The quantitative estimate of drug-likeness (QED) is 0.616. The number of morpholine rings is 1. The molecule has 2 aliphatic rings. The molecule has 2 amide bonds. The van der Waals surface area contributed by atoms with Gasteiger partial charge in [0.05, 0.1) is 13.2 Å². The van der Waals surface area contributed by atoms with Crippen LogP contribution in [0.3, 0.4) is 0 Å². The van der Waals surface area contributed by atoms with Gasteiger partial charge in [-0.3, -0.25) is 9.59 Å². The molecule has 0 saturated carbocycles. The fourth-order valence-corrected chi connectivity index (χ4v) is 2.13. The lowest BCUT2D eigenvalue weighted by Gasteiger charge is -2.27. The summed E-state index contributed by atoms with van der Waals surface area (Å²) in [5, 5.41) is 0. The standard InChI is InChI=1S/C11H18N2O3/c14-10(12-3-1-2-4-12)9-11(15)13-5-7-16-8-6-13/h1-9H2. The number of carbonyl (C=O) groups is 2. The number of likely N-dealkylation sites (tertiary alicyclic amines) is 1. The Bertz CT molecular complexity index is 268. The Labute approximate surface area is 95.3 Å². The van der Waals surface area contributed by atoms with Crippen molar-refractivity contribution in [3.8, 4) is 0 Å². The molecule has 2 rings (SSSR count). The molecule has 0 radical (unpaired) electrons. The Balaban J connectivity index is 1.79. The lowest BCUT2D eigenvalue weighted by molar-refractivity contribution is -0.142. The van der Waals surface area contributed by atoms with Crippen molar-refractivity contribution < 1.29 is 14.3 Å². The zero-order valence-electron chi connectivity index (χ0n) is 9.48. The second-order valence-corrected chi connectivity index (χ2v) is 4.26. The molecule has 0 unspecified atom stereocenters. The summed E-state index contributed by atoms with van der Waals surface area (Å²) in [6, 6.07) is 0. The summed E-state index contributed by atoms with van der Waals surface area (Å²) in [7, 11) is 0. The van der Waals surface area contributed by atoms with Gasteiger partial charge in [-0.05, 0) is 12.8 Å². The van der Waals surface area contributed by atoms with Crippen LogP contribution in [0.4, 0.5) is 0 Å². The smallest absolute Gasteiger partial charge is 0.232 e. The number of amides is 2. The van der Waals surface area contributed by atoms with Crippen LogP contribution in [0.25, 0.3) is 0 Å². The van der Waals surface area contributed by atoms with Gasteiger partial charge in [-0.1, -0.05) is 0 Å². The van der Waals surface area contributed by atoms with Crippen LogP contribution in [0.15, 0.2) is 0 Å². The van der Waals surface area contributed by atoms with Crippen molar-refractivity contribution in [2.45, 2.75) is 19.3 Å². The van der Waals surface area contributed by atoms with Crippen molar-refractivity contribution >= 4 is 11.8 Å². The number of hydrogen-bond acceptors (Lipinski definition) is 3. The zero-order valence-corrected chi connectivity index (χ0v) is 9.48. The molecule has 0 spiro atoms. The summed E-state index contributed by atoms with van der Waals surface area (Å²) in [6.45, 7) is 4.04. The molecule has 0 N–H and O–H groups in total. The van der Waals surface area contributed by atoms with Gasteiger partial charge in [0.25, 0.3) is 0 Å². The average molecular weight is 226 g/mol. The summed E-state index contributed by atoms with van der Waals surface area (Å²) in [5.74, 6) is -0.0748. The molecule has 0 aromatic carbocycles. The zero-order chi connectivity index (χ0) is 11.4. The Morgan fingerprint density at radius 2 is 1.38 bits per heavy atom. The predicted molar refractivity (Wildman–Crippen MR) is 57.8 cm³/mol. The molecule has 2 aliphatic heterocycles. The van der Waals surface area contributed by atoms with Crippen molar-refractivity contribution in [1.82, 2.24) is 9.80 Å². The number of rotatable bonds is 2. The molecule has 5 nitrogen and oxygen atoms in total. The van der Waals surface area contributed by atoms with E-state index in [0.717, 1.165) is 25.9 Å². The van der Waals surface area contributed by atoms with Crippen molar-refractivity contribution in [2.75, 3.05) is 39.4 Å². The molecule has 90 valence electrons. The minimum absolute atomic E-state index is 0.0195. The number of ether oxygens (including phenoxy) is 1. The molecule has 0 atom stereocenters. The van der Waals surface area contributed by atoms with Gasteiger partial charge in [-0.2, -0.15) is 0 Å². The molecule has 0 aromatic rings. The van der Waals surface area contributed by atoms with Gasteiger partial charge in [0, 0.05) is 26.2 Å². The highest BCUT2D eigenvalue weighted by Gasteiger charge is 2.24. The second kappa shape index (κ2) is 5.30. The molecule has 2 saturated heterocycles. The molecule has 0 aromatic heterocycles. The molecule has 16 heavy (non-hydrogen) atoms. The maximum atomic E-state index is 11.8. The Kier molecular flexibility index (Phi) is 3.77. The first-order chi connectivity index (χ1) is 7.77. The van der Waals surface area contributed by atoms with Crippen LogP contribution in [-0.4, -0.2) is 61.0 Å². The first-order valence-electron chi connectivity index (χ1n) is 5.90. The van der Waals surface area contributed by atoms with Crippen LogP contribution in [0.1, 0.15) is 19.3 Å². The van der Waals surface area contributed by atoms with Crippen LogP contribution in [0.2, 0.25) is 0 Å². The molecular weight excluding hydrogens is 208 g/mol. The van der Waals surface area contributed by atoms with E-state index in [-0.39, 0.29) is 18.2 Å². The minimum Gasteiger partial charge on any atom is -0.378 e. The average Bonchev–Trinajstić information content (AvgIpc) is 2.83. The second-order valence-electron chi connectivity index (χ2n) is 4.26. The third-order valence-corrected chi connectivity index (χ3v) is 3.13. The maximum Gasteiger partial charge on any atom is 0.232 e. The molecule has 0 aliphatic carbocycles. The first kappa shape index (κ1) is 11.4. The van der Waals surface area contributed by atoms with Crippen LogP contribution >= 0.6 is 0 Å². The summed E-state index contributed by atoms with van der Waals surface area (Å²) in [4.78, 5) is 27.0. The highest BCUT2D eigenvalue weighted by atomic mass is 16.5. The van der Waals surface area contributed by atoms with Gasteiger partial charge in [-0.25, -0.2) is 0 Å². The lowest BCUT2D eigenvalue weighted by Crippen LogP contribution is -2.43. The summed E-state index contributed by atoms with van der Waals surface area (Å²) >= 11 is 0. The van der Waals surface area contributed by atoms with Crippen molar-refractivity contribution in [3.63, 3.8) is 0 Å². The van der Waals surface area contributed by atoms with E-state index in [2.05, 4.69) is 0 Å². The van der Waals surface area contributed by atoms with E-state index < -0.39 is 0 Å². The number of hydrogen-bond donors (Lipinski definition) is 0. The molecular formula is C11H18N2O3. The summed E-state index contributed by atoms with van der Waals surface area (Å²) in [6.07, 6.45) is 2.16. The fraction of sp³-hybridized carbons (Fsp3) is 0.818. The first-order valence-corrected chi connectivity index (χ1v) is 5.90. The van der Waals surface area contributed by atoms with E-state index in [1.165, 1.54) is 0 Å². The molecule has 0 bridgehead atoms. The van der Waals surface area contributed by atoms with Crippen LogP contribution in [0, 0.1) is 0 Å². The maximum absolute atomic E-state index is 11.8. The van der Waals surface area contributed by atoms with E-state index in [0.29, 0.717) is 26.3 Å².